The van der Waals surface area contributed by atoms with Gasteiger partial charge in [0.15, 0.2) is 9.84 Å². The topological polar surface area (TPSA) is 108 Å². The third-order valence-corrected chi connectivity index (χ3v) is 4.14. The van der Waals surface area contributed by atoms with E-state index in [9.17, 15) is 18.0 Å². The van der Waals surface area contributed by atoms with E-state index in [0.717, 1.165) is 10.7 Å². The number of hydrazine groups is 1. The van der Waals surface area contributed by atoms with E-state index in [2.05, 4.69) is 31.8 Å². The Morgan fingerprint density at radius 3 is 2.26 bits per heavy atom. The highest BCUT2D eigenvalue weighted by atomic mass is 79.9. The molecule has 0 unspecified atom stereocenters. The van der Waals surface area contributed by atoms with Crippen molar-refractivity contribution in [1.29, 1.82) is 0 Å². The average Bonchev–Trinajstić information content (AvgIpc) is 2.90. The Balaban J connectivity index is 1.94. The van der Waals surface area contributed by atoms with Gasteiger partial charge in [-0.3, -0.25) is 20.4 Å². The van der Waals surface area contributed by atoms with Gasteiger partial charge in [0.1, 0.15) is 5.69 Å². The Labute approximate surface area is 141 Å². The van der Waals surface area contributed by atoms with Crippen LogP contribution in [0.4, 0.5) is 0 Å². The molecule has 0 aliphatic heterocycles. The number of benzene rings is 1. The fraction of sp³-hybridized carbons (Fsp3) is 0.143. The van der Waals surface area contributed by atoms with Gasteiger partial charge in [-0.25, -0.2) is 8.42 Å². The first-order chi connectivity index (χ1) is 10.7. The van der Waals surface area contributed by atoms with Gasteiger partial charge < -0.3 is 4.98 Å². The smallest absolute Gasteiger partial charge is 0.286 e. The second-order valence-electron chi connectivity index (χ2n) is 4.91. The molecule has 0 saturated carbocycles. The molecule has 23 heavy (non-hydrogen) atoms. The fourth-order valence-corrected chi connectivity index (χ4v) is 2.95. The van der Waals surface area contributed by atoms with E-state index < -0.39 is 21.7 Å². The van der Waals surface area contributed by atoms with Crippen LogP contribution >= 0.6 is 15.9 Å². The number of hydrogen-bond acceptors (Lipinski definition) is 4. The lowest BCUT2D eigenvalue weighted by Gasteiger charge is -2.07. The number of hydrogen-bond donors (Lipinski definition) is 3. The first-order valence-corrected chi connectivity index (χ1v) is 9.31. The van der Waals surface area contributed by atoms with Crippen molar-refractivity contribution in [1.82, 2.24) is 15.8 Å². The maximum atomic E-state index is 11.9. The number of nitrogens with one attached hydrogen (secondary N) is 3. The summed E-state index contributed by atoms with van der Waals surface area (Å²) in [6, 6.07) is 7.67. The van der Waals surface area contributed by atoms with Crippen molar-refractivity contribution in [3.8, 4) is 0 Å². The van der Waals surface area contributed by atoms with E-state index in [1.165, 1.54) is 12.1 Å². The van der Waals surface area contributed by atoms with Crippen LogP contribution in [0.15, 0.2) is 41.0 Å². The molecule has 0 atom stereocenters. The molecular formula is C14H14BrN3O4S. The van der Waals surface area contributed by atoms with Crippen LogP contribution in [0.25, 0.3) is 0 Å². The predicted octanol–water partition coefficient (Wildman–Crippen LogP) is 1.40. The Morgan fingerprint density at radius 2 is 1.74 bits per heavy atom. The van der Waals surface area contributed by atoms with Gasteiger partial charge in [0.25, 0.3) is 11.8 Å². The minimum absolute atomic E-state index is 0.0899. The van der Waals surface area contributed by atoms with E-state index in [1.54, 1.807) is 24.4 Å². The molecule has 7 nitrogen and oxygen atoms in total. The van der Waals surface area contributed by atoms with Crippen LogP contribution in [-0.4, -0.2) is 31.5 Å². The van der Waals surface area contributed by atoms with Crippen LogP contribution < -0.4 is 10.9 Å². The lowest BCUT2D eigenvalue weighted by Crippen LogP contribution is -2.41. The van der Waals surface area contributed by atoms with Crippen LogP contribution in [0.2, 0.25) is 0 Å². The van der Waals surface area contributed by atoms with Gasteiger partial charge in [0.05, 0.1) is 5.75 Å². The Hall–Kier alpha value is -2.13. The van der Waals surface area contributed by atoms with Gasteiger partial charge in [-0.1, -0.05) is 12.1 Å². The number of halogens is 1. The molecule has 1 aromatic heterocycles. The van der Waals surface area contributed by atoms with Crippen molar-refractivity contribution in [2.24, 2.45) is 0 Å². The lowest BCUT2D eigenvalue weighted by atomic mass is 10.1. The van der Waals surface area contributed by atoms with Gasteiger partial charge in [0.2, 0.25) is 0 Å². The zero-order valence-electron chi connectivity index (χ0n) is 12.1. The highest BCUT2D eigenvalue weighted by Gasteiger charge is 2.11. The molecule has 3 N–H and O–H groups in total. The highest BCUT2D eigenvalue weighted by Crippen LogP contribution is 2.10. The van der Waals surface area contributed by atoms with E-state index >= 15 is 0 Å². The molecule has 0 bridgehead atoms. The Kier molecular flexibility index (Phi) is 5.22. The van der Waals surface area contributed by atoms with Crippen molar-refractivity contribution < 1.29 is 18.0 Å². The number of aromatic nitrogens is 1. The quantitative estimate of drug-likeness (QED) is 0.675. The van der Waals surface area contributed by atoms with Gasteiger partial charge >= 0.3 is 0 Å². The molecule has 0 saturated heterocycles. The van der Waals surface area contributed by atoms with Crippen molar-refractivity contribution in [2.75, 3.05) is 6.26 Å². The van der Waals surface area contributed by atoms with Crippen molar-refractivity contribution in [3.63, 3.8) is 0 Å². The monoisotopic (exact) mass is 399 g/mol. The van der Waals surface area contributed by atoms with Crippen LogP contribution in [0.1, 0.15) is 26.4 Å². The van der Waals surface area contributed by atoms with Crippen molar-refractivity contribution in [2.45, 2.75) is 5.75 Å². The van der Waals surface area contributed by atoms with Gasteiger partial charge in [-0.15, -0.1) is 0 Å². The summed E-state index contributed by atoms with van der Waals surface area (Å²) < 4.78 is 23.1. The maximum Gasteiger partial charge on any atom is 0.286 e. The zero-order valence-corrected chi connectivity index (χ0v) is 14.5. The first-order valence-electron chi connectivity index (χ1n) is 6.46. The first kappa shape index (κ1) is 17.2. The standard InChI is InChI=1S/C14H14BrN3O4S/c1-23(21,22)8-9-2-4-10(5-3-9)13(19)17-18-14(20)12-6-11(15)7-16-12/h2-7,16H,8H2,1H3,(H,17,19)(H,18,20). The highest BCUT2D eigenvalue weighted by molar-refractivity contribution is 9.10. The minimum atomic E-state index is -3.13. The SMILES string of the molecule is CS(=O)(=O)Cc1ccc(C(=O)NNC(=O)c2cc(Br)c[nH]2)cc1. The number of sulfone groups is 1. The second kappa shape index (κ2) is 6.97. The summed E-state index contributed by atoms with van der Waals surface area (Å²) in [6.07, 6.45) is 2.74. The van der Waals surface area contributed by atoms with Crippen LogP contribution in [-0.2, 0) is 15.6 Å². The summed E-state index contributed by atoms with van der Waals surface area (Å²) in [5, 5.41) is 0. The predicted molar refractivity (Wildman–Crippen MR) is 88.4 cm³/mol. The second-order valence-corrected chi connectivity index (χ2v) is 7.96. The van der Waals surface area contributed by atoms with Crippen molar-refractivity contribution >= 4 is 37.6 Å². The molecule has 0 fully saturated rings. The van der Waals surface area contributed by atoms with E-state index in [1.807, 2.05) is 0 Å². The molecule has 1 heterocycles. The molecule has 122 valence electrons. The summed E-state index contributed by atoms with van der Waals surface area (Å²) in [6.45, 7) is 0. The van der Waals surface area contributed by atoms with Gasteiger partial charge in [-0.05, 0) is 39.7 Å². The van der Waals surface area contributed by atoms with E-state index in [4.69, 9.17) is 0 Å². The maximum absolute atomic E-state index is 11.9. The lowest BCUT2D eigenvalue weighted by molar-refractivity contribution is 0.0844. The fourth-order valence-electron chi connectivity index (χ4n) is 1.81. The van der Waals surface area contributed by atoms with E-state index in [0.29, 0.717) is 16.8 Å². The normalized spacial score (nSPS) is 11.0. The molecule has 2 rings (SSSR count). The molecule has 1 aromatic carbocycles. The summed E-state index contributed by atoms with van der Waals surface area (Å²) in [7, 11) is -3.13. The van der Waals surface area contributed by atoms with Gasteiger partial charge in [0, 0.05) is 22.5 Å². The summed E-state index contributed by atoms with van der Waals surface area (Å²) in [5.74, 6) is -1.08. The van der Waals surface area contributed by atoms with E-state index in [-0.39, 0.29) is 5.75 Å². The number of amides is 2. The number of carbonyl (C=O) groups is 2. The Bertz CT molecular complexity index is 828. The van der Waals surface area contributed by atoms with Crippen LogP contribution in [0.3, 0.4) is 0 Å². The number of rotatable bonds is 4. The number of aromatic amines is 1. The molecule has 0 spiro atoms. The third-order valence-electron chi connectivity index (χ3n) is 2.83. The molecular weight excluding hydrogens is 386 g/mol. The third kappa shape index (κ3) is 5.22. The Morgan fingerprint density at radius 1 is 1.13 bits per heavy atom. The largest absolute Gasteiger partial charge is 0.356 e. The molecule has 9 heteroatoms. The number of carbonyl (C=O) groups excluding carboxylic acids is 2. The molecule has 0 aliphatic rings. The molecule has 0 radical (unpaired) electrons. The van der Waals surface area contributed by atoms with Crippen molar-refractivity contribution in [3.05, 3.63) is 57.8 Å². The minimum Gasteiger partial charge on any atom is -0.356 e. The molecule has 0 aliphatic carbocycles. The number of H-pyrrole nitrogens is 1. The molecule has 2 aromatic rings. The van der Waals surface area contributed by atoms with Crippen LogP contribution in [0.5, 0.6) is 0 Å². The van der Waals surface area contributed by atoms with Crippen LogP contribution in [0, 0.1) is 0 Å². The summed E-state index contributed by atoms with van der Waals surface area (Å²) in [4.78, 5) is 26.4. The zero-order chi connectivity index (χ0) is 17.0. The summed E-state index contributed by atoms with van der Waals surface area (Å²) in [5.41, 5.74) is 5.74. The average molecular weight is 400 g/mol. The molecule has 2 amide bonds. The van der Waals surface area contributed by atoms with Gasteiger partial charge in [-0.2, -0.15) is 0 Å². The summed E-state index contributed by atoms with van der Waals surface area (Å²) >= 11 is 3.20.